The Morgan fingerprint density at radius 1 is 0.714 bits per heavy atom. The van der Waals surface area contributed by atoms with Crippen LogP contribution in [0.1, 0.15) is 22.3 Å². The fourth-order valence-electron chi connectivity index (χ4n) is 1.94. The van der Waals surface area contributed by atoms with E-state index >= 15 is 0 Å². The van der Waals surface area contributed by atoms with Crippen LogP contribution >= 0.6 is 0 Å². The van der Waals surface area contributed by atoms with E-state index in [-0.39, 0.29) is 12.8 Å². The highest BCUT2D eigenvalue weighted by atomic mass is 16.6. The number of ether oxygens (including phenoxy) is 1. The van der Waals surface area contributed by atoms with Crippen molar-refractivity contribution in [1.29, 1.82) is 0 Å². The normalized spacial score (nSPS) is 10.2. The van der Waals surface area contributed by atoms with E-state index in [0.717, 1.165) is 22.3 Å². The summed E-state index contributed by atoms with van der Waals surface area (Å²) >= 11 is 0. The van der Waals surface area contributed by atoms with E-state index in [0.29, 0.717) is 0 Å². The molecule has 0 aliphatic carbocycles. The van der Waals surface area contributed by atoms with Crippen molar-refractivity contribution in [2.75, 3.05) is 0 Å². The molecule has 0 N–H and O–H groups in total. The number of esters is 2. The number of aryl methyl sites for hydroxylation is 2. The summed E-state index contributed by atoms with van der Waals surface area (Å²) in [5.41, 5.74) is 3.94. The summed E-state index contributed by atoms with van der Waals surface area (Å²) in [6.45, 7) is 3.96. The Balaban J connectivity index is 1.85. The Morgan fingerprint density at radius 3 is 1.38 bits per heavy atom. The average Bonchev–Trinajstić information content (AvgIpc) is 2.44. The second-order valence-electron chi connectivity index (χ2n) is 5.17. The first-order chi connectivity index (χ1) is 10.0. The molecule has 0 saturated heterocycles. The van der Waals surface area contributed by atoms with Crippen LogP contribution < -0.4 is 0 Å². The van der Waals surface area contributed by atoms with Crippen molar-refractivity contribution in [3.05, 3.63) is 70.8 Å². The molecular weight excluding hydrogens is 264 g/mol. The van der Waals surface area contributed by atoms with E-state index in [9.17, 15) is 9.59 Å². The van der Waals surface area contributed by atoms with Crippen molar-refractivity contribution in [3.8, 4) is 0 Å². The van der Waals surface area contributed by atoms with Gasteiger partial charge in [0.05, 0.1) is 12.8 Å². The van der Waals surface area contributed by atoms with Gasteiger partial charge in [-0.3, -0.25) is 9.59 Å². The zero-order valence-corrected chi connectivity index (χ0v) is 12.3. The quantitative estimate of drug-likeness (QED) is 0.639. The molecule has 0 radical (unpaired) electrons. The van der Waals surface area contributed by atoms with Crippen molar-refractivity contribution in [3.63, 3.8) is 0 Å². The van der Waals surface area contributed by atoms with Gasteiger partial charge < -0.3 is 4.74 Å². The molecular formula is C18H18O3. The van der Waals surface area contributed by atoms with Gasteiger partial charge in [0, 0.05) is 0 Å². The molecule has 0 amide bonds. The Kier molecular flexibility index (Phi) is 4.88. The molecule has 0 spiro atoms. The van der Waals surface area contributed by atoms with Crippen molar-refractivity contribution >= 4 is 11.9 Å². The lowest BCUT2D eigenvalue weighted by molar-refractivity contribution is -0.158. The first kappa shape index (κ1) is 15.0. The molecule has 0 unspecified atom stereocenters. The Hall–Kier alpha value is -2.42. The lowest BCUT2D eigenvalue weighted by atomic mass is 10.1. The van der Waals surface area contributed by atoms with E-state index in [2.05, 4.69) is 0 Å². The molecule has 0 aliphatic heterocycles. The van der Waals surface area contributed by atoms with Gasteiger partial charge in [-0.15, -0.1) is 0 Å². The van der Waals surface area contributed by atoms with Gasteiger partial charge in [0.15, 0.2) is 0 Å². The Labute approximate surface area is 124 Å². The van der Waals surface area contributed by atoms with Gasteiger partial charge in [0.2, 0.25) is 0 Å². The maximum Gasteiger partial charge on any atom is 0.317 e. The number of carbonyl (C=O) groups excluding carboxylic acids is 2. The smallest absolute Gasteiger partial charge is 0.317 e. The van der Waals surface area contributed by atoms with E-state index < -0.39 is 11.9 Å². The van der Waals surface area contributed by atoms with Gasteiger partial charge in [-0.05, 0) is 25.0 Å². The minimum Gasteiger partial charge on any atom is -0.393 e. The fraction of sp³-hybridized carbons (Fsp3) is 0.222. The first-order valence-electron chi connectivity index (χ1n) is 6.87. The van der Waals surface area contributed by atoms with Crippen LogP contribution in [-0.4, -0.2) is 11.9 Å². The molecule has 0 saturated carbocycles. The van der Waals surface area contributed by atoms with Crippen LogP contribution in [0.5, 0.6) is 0 Å². The summed E-state index contributed by atoms with van der Waals surface area (Å²) in [5, 5.41) is 0. The topological polar surface area (TPSA) is 43.4 Å². The summed E-state index contributed by atoms with van der Waals surface area (Å²) in [6.07, 6.45) is 0.222. The zero-order chi connectivity index (χ0) is 15.2. The van der Waals surface area contributed by atoms with Crippen molar-refractivity contribution in [2.24, 2.45) is 0 Å². The number of benzene rings is 2. The molecule has 2 aromatic rings. The third kappa shape index (κ3) is 4.88. The highest BCUT2D eigenvalue weighted by Crippen LogP contribution is 2.07. The number of rotatable bonds is 4. The molecule has 3 heteroatoms. The monoisotopic (exact) mass is 282 g/mol. The molecule has 2 rings (SSSR count). The van der Waals surface area contributed by atoms with Crippen molar-refractivity contribution in [1.82, 2.24) is 0 Å². The van der Waals surface area contributed by atoms with Crippen LogP contribution in [0.15, 0.2) is 48.5 Å². The number of carbonyl (C=O) groups is 2. The van der Waals surface area contributed by atoms with E-state index in [1.807, 2.05) is 62.4 Å². The maximum absolute atomic E-state index is 11.7. The third-order valence-corrected chi connectivity index (χ3v) is 3.17. The third-order valence-electron chi connectivity index (χ3n) is 3.17. The summed E-state index contributed by atoms with van der Waals surface area (Å²) < 4.78 is 4.84. The molecule has 0 heterocycles. The average molecular weight is 282 g/mol. The standard InChI is InChI=1S/C18H18O3/c1-13-3-7-15(8-4-13)11-17(19)21-18(20)12-16-9-5-14(2)6-10-16/h3-10H,11-12H2,1-2H3. The summed E-state index contributed by atoms with van der Waals surface area (Å²) in [5.74, 6) is -1.04. The minimum absolute atomic E-state index is 0.111. The zero-order valence-electron chi connectivity index (χ0n) is 12.3. The van der Waals surface area contributed by atoms with Crippen LogP contribution in [0.25, 0.3) is 0 Å². The van der Waals surface area contributed by atoms with E-state index in [4.69, 9.17) is 4.74 Å². The molecule has 0 aliphatic rings. The van der Waals surface area contributed by atoms with Crippen LogP contribution in [0.3, 0.4) is 0 Å². The molecule has 0 aromatic heterocycles. The second-order valence-corrected chi connectivity index (χ2v) is 5.17. The van der Waals surface area contributed by atoms with Gasteiger partial charge in [-0.1, -0.05) is 59.7 Å². The summed E-state index contributed by atoms with van der Waals surface area (Å²) in [6, 6.07) is 15.2. The summed E-state index contributed by atoms with van der Waals surface area (Å²) in [7, 11) is 0. The SMILES string of the molecule is Cc1ccc(CC(=O)OC(=O)Cc2ccc(C)cc2)cc1. The van der Waals surface area contributed by atoms with Gasteiger partial charge in [-0.2, -0.15) is 0 Å². The molecule has 2 aromatic carbocycles. The van der Waals surface area contributed by atoms with Crippen molar-refractivity contribution < 1.29 is 14.3 Å². The molecule has 108 valence electrons. The molecule has 0 atom stereocenters. The lowest BCUT2D eigenvalue weighted by Gasteiger charge is -2.04. The first-order valence-corrected chi connectivity index (χ1v) is 6.87. The van der Waals surface area contributed by atoms with Crippen LogP contribution in [-0.2, 0) is 27.2 Å². The van der Waals surface area contributed by atoms with E-state index in [1.165, 1.54) is 0 Å². The highest BCUT2D eigenvalue weighted by Gasteiger charge is 2.12. The predicted molar refractivity (Wildman–Crippen MR) is 80.9 cm³/mol. The summed E-state index contributed by atoms with van der Waals surface area (Å²) in [4.78, 5) is 23.4. The van der Waals surface area contributed by atoms with Gasteiger partial charge in [-0.25, -0.2) is 0 Å². The maximum atomic E-state index is 11.7. The molecule has 3 nitrogen and oxygen atoms in total. The Bertz CT molecular complexity index is 567. The van der Waals surface area contributed by atoms with Crippen LogP contribution in [0.2, 0.25) is 0 Å². The number of hydrogen-bond acceptors (Lipinski definition) is 3. The molecule has 21 heavy (non-hydrogen) atoms. The molecule has 0 fully saturated rings. The van der Waals surface area contributed by atoms with Gasteiger partial charge in [0.1, 0.15) is 0 Å². The van der Waals surface area contributed by atoms with Gasteiger partial charge in [0.25, 0.3) is 0 Å². The van der Waals surface area contributed by atoms with Crippen molar-refractivity contribution in [2.45, 2.75) is 26.7 Å². The fourth-order valence-corrected chi connectivity index (χ4v) is 1.94. The predicted octanol–water partition coefficient (Wildman–Crippen LogP) is 3.16. The Morgan fingerprint density at radius 2 is 1.05 bits per heavy atom. The largest absolute Gasteiger partial charge is 0.393 e. The lowest BCUT2D eigenvalue weighted by Crippen LogP contribution is -2.16. The molecule has 0 bridgehead atoms. The van der Waals surface area contributed by atoms with Crippen LogP contribution in [0.4, 0.5) is 0 Å². The van der Waals surface area contributed by atoms with E-state index in [1.54, 1.807) is 0 Å². The second kappa shape index (κ2) is 6.84. The van der Waals surface area contributed by atoms with Crippen LogP contribution in [0, 0.1) is 13.8 Å². The van der Waals surface area contributed by atoms with Gasteiger partial charge >= 0.3 is 11.9 Å². The highest BCUT2D eigenvalue weighted by molar-refractivity contribution is 5.87. The number of hydrogen-bond donors (Lipinski definition) is 0. The minimum atomic E-state index is -0.518.